The summed E-state index contributed by atoms with van der Waals surface area (Å²) in [5, 5.41) is 0.761. The molecule has 0 saturated carbocycles. The Kier molecular flexibility index (Phi) is 4.42. The van der Waals surface area contributed by atoms with Crippen molar-refractivity contribution in [3.05, 3.63) is 73.1 Å². The van der Waals surface area contributed by atoms with E-state index in [1.165, 1.54) is 10.1 Å². The zero-order chi connectivity index (χ0) is 13.9. The van der Waals surface area contributed by atoms with Crippen molar-refractivity contribution in [1.29, 1.82) is 0 Å². The van der Waals surface area contributed by atoms with Crippen LogP contribution in [0.2, 0.25) is 5.02 Å². The van der Waals surface area contributed by atoms with E-state index in [-0.39, 0.29) is 0 Å². The molecule has 0 aliphatic carbocycles. The molecule has 2 aromatic carbocycles. The fourth-order valence-electron chi connectivity index (χ4n) is 1.92. The van der Waals surface area contributed by atoms with Gasteiger partial charge >= 0.3 is 138 Å². The third-order valence-corrected chi connectivity index (χ3v) is 5.52. The van der Waals surface area contributed by atoms with Gasteiger partial charge in [0.25, 0.3) is 0 Å². The van der Waals surface area contributed by atoms with Crippen molar-refractivity contribution in [3.63, 3.8) is 0 Å². The summed E-state index contributed by atoms with van der Waals surface area (Å²) in [6.45, 7) is 0. The van der Waals surface area contributed by atoms with Gasteiger partial charge in [0.1, 0.15) is 0 Å². The first kappa shape index (κ1) is 14.1. The van der Waals surface area contributed by atoms with Crippen LogP contribution in [-0.4, -0.2) is 19.5 Å². The fraction of sp³-hybridized carbons (Fsp3) is 0.0625. The number of hydrogen-bond acceptors (Lipinski definition) is 1. The minimum absolute atomic E-state index is 0.349. The van der Waals surface area contributed by atoms with Gasteiger partial charge in [0.15, 0.2) is 0 Å². The molecule has 20 heavy (non-hydrogen) atoms. The summed E-state index contributed by atoms with van der Waals surface area (Å²) < 4.78 is 2.38. The van der Waals surface area contributed by atoms with Crippen LogP contribution in [0.15, 0.2) is 57.9 Å². The van der Waals surface area contributed by atoms with Crippen LogP contribution in [0.4, 0.5) is 0 Å². The number of rotatable bonds is 3. The molecule has 0 atom stereocenters. The molecule has 1 heterocycles. The van der Waals surface area contributed by atoms with Gasteiger partial charge in [-0.15, -0.1) is 0 Å². The summed E-state index contributed by atoms with van der Waals surface area (Å²) in [5.74, 6) is 0. The molecule has 1 aromatic heterocycles. The minimum atomic E-state index is 0.349. The Balaban J connectivity index is 1.80. The van der Waals surface area contributed by atoms with E-state index in [1.54, 1.807) is 0 Å². The molecule has 0 amide bonds. The summed E-state index contributed by atoms with van der Waals surface area (Å²) in [6, 6.07) is 16.3. The maximum atomic E-state index is 5.91. The number of aromatic nitrogens is 1. The van der Waals surface area contributed by atoms with E-state index in [0.717, 1.165) is 27.2 Å². The summed E-state index contributed by atoms with van der Waals surface area (Å²) in [6.07, 6.45) is 0.931. The van der Waals surface area contributed by atoms with Crippen molar-refractivity contribution in [2.75, 3.05) is 0 Å². The number of hydrogen-bond donors (Lipinski definition) is 0. The molecular weight excluding hydrogens is 401 g/mol. The van der Waals surface area contributed by atoms with E-state index < -0.39 is 0 Å². The van der Waals surface area contributed by atoms with E-state index in [2.05, 4.69) is 45.1 Å². The second-order valence-electron chi connectivity index (χ2n) is 4.44. The summed E-state index contributed by atoms with van der Waals surface area (Å²) in [5.41, 5.74) is 3.52. The standard InChI is InChI=1S/C16H11BrClNSe/c17-13-5-1-11(2-6-13)9-16-19-15(10-20-16)12-3-7-14(18)8-4-12/h1-8,10H,9H2. The first-order valence-corrected chi connectivity index (χ1v) is 9.17. The molecule has 0 radical (unpaired) electrons. The molecular formula is C16H11BrClNSe. The molecule has 0 saturated heterocycles. The van der Waals surface area contributed by atoms with Gasteiger partial charge in [-0.3, -0.25) is 0 Å². The monoisotopic (exact) mass is 411 g/mol. The predicted octanol–water partition coefficient (Wildman–Crippen LogP) is 4.81. The van der Waals surface area contributed by atoms with Crippen LogP contribution in [0.3, 0.4) is 0 Å². The van der Waals surface area contributed by atoms with E-state index in [4.69, 9.17) is 16.6 Å². The van der Waals surface area contributed by atoms with E-state index in [0.29, 0.717) is 14.5 Å². The van der Waals surface area contributed by atoms with Crippen molar-refractivity contribution in [1.82, 2.24) is 4.98 Å². The molecule has 3 rings (SSSR count). The van der Waals surface area contributed by atoms with Gasteiger partial charge in [0.2, 0.25) is 0 Å². The van der Waals surface area contributed by atoms with Crippen LogP contribution < -0.4 is 0 Å². The van der Waals surface area contributed by atoms with Crippen LogP contribution in [0, 0.1) is 0 Å². The number of nitrogens with zero attached hydrogens (tertiary/aromatic N) is 1. The average Bonchev–Trinajstić information content (AvgIpc) is 2.91. The van der Waals surface area contributed by atoms with E-state index in [9.17, 15) is 0 Å². The first-order valence-electron chi connectivity index (χ1n) is 6.15. The Morgan fingerprint density at radius 3 is 2.40 bits per heavy atom. The molecule has 0 aliphatic rings. The third kappa shape index (κ3) is 3.42. The third-order valence-electron chi connectivity index (χ3n) is 2.96. The van der Waals surface area contributed by atoms with Gasteiger partial charge in [-0.2, -0.15) is 0 Å². The Hall–Kier alpha value is -0.861. The zero-order valence-corrected chi connectivity index (χ0v) is 14.6. The Morgan fingerprint density at radius 1 is 1.00 bits per heavy atom. The van der Waals surface area contributed by atoms with Crippen molar-refractivity contribution in [3.8, 4) is 11.3 Å². The van der Waals surface area contributed by atoms with Crippen LogP contribution in [0.1, 0.15) is 10.1 Å². The van der Waals surface area contributed by atoms with E-state index in [1.807, 2.05) is 24.3 Å². The van der Waals surface area contributed by atoms with Crippen LogP contribution in [0.25, 0.3) is 11.3 Å². The molecule has 0 spiro atoms. The zero-order valence-electron chi connectivity index (χ0n) is 10.5. The van der Waals surface area contributed by atoms with Crippen molar-refractivity contribution < 1.29 is 0 Å². The molecule has 100 valence electrons. The molecule has 4 heteroatoms. The van der Waals surface area contributed by atoms with E-state index >= 15 is 0 Å². The molecule has 3 aromatic rings. The van der Waals surface area contributed by atoms with Gasteiger partial charge in [-0.05, 0) is 0 Å². The number of halogens is 2. The van der Waals surface area contributed by atoms with Gasteiger partial charge in [-0.25, -0.2) is 0 Å². The van der Waals surface area contributed by atoms with Crippen LogP contribution >= 0.6 is 27.5 Å². The second kappa shape index (κ2) is 6.28. The summed E-state index contributed by atoms with van der Waals surface area (Å²) >= 11 is 9.72. The van der Waals surface area contributed by atoms with Crippen molar-refractivity contribution >= 4 is 42.0 Å². The summed E-state index contributed by atoms with van der Waals surface area (Å²) in [7, 11) is 0. The maximum absolute atomic E-state index is 5.91. The van der Waals surface area contributed by atoms with Crippen LogP contribution in [0.5, 0.6) is 0 Å². The van der Waals surface area contributed by atoms with Gasteiger partial charge < -0.3 is 0 Å². The quantitative estimate of drug-likeness (QED) is 0.564. The Morgan fingerprint density at radius 2 is 1.70 bits per heavy atom. The summed E-state index contributed by atoms with van der Waals surface area (Å²) in [4.78, 5) is 7.00. The second-order valence-corrected chi connectivity index (χ2v) is 7.77. The van der Waals surface area contributed by atoms with Crippen molar-refractivity contribution in [2.24, 2.45) is 0 Å². The number of benzene rings is 2. The average molecular weight is 412 g/mol. The van der Waals surface area contributed by atoms with Gasteiger partial charge in [0, 0.05) is 0 Å². The van der Waals surface area contributed by atoms with Crippen molar-refractivity contribution in [2.45, 2.75) is 6.42 Å². The molecule has 0 bridgehead atoms. The fourth-order valence-corrected chi connectivity index (χ4v) is 4.07. The SMILES string of the molecule is Clc1ccc(-c2c[se]c(Cc3ccc(Br)cc3)n2)cc1. The molecule has 0 unspecified atom stereocenters. The van der Waals surface area contributed by atoms with Gasteiger partial charge in [0.05, 0.1) is 0 Å². The molecule has 1 nitrogen and oxygen atoms in total. The Bertz CT molecular complexity index is 704. The molecule has 0 aliphatic heterocycles. The van der Waals surface area contributed by atoms with Crippen LogP contribution in [-0.2, 0) is 6.42 Å². The first-order chi connectivity index (χ1) is 9.70. The molecule has 0 N–H and O–H groups in total. The van der Waals surface area contributed by atoms with Gasteiger partial charge in [-0.1, -0.05) is 0 Å². The Labute approximate surface area is 137 Å². The normalized spacial score (nSPS) is 10.7. The topological polar surface area (TPSA) is 12.9 Å². The molecule has 0 fully saturated rings. The predicted molar refractivity (Wildman–Crippen MR) is 88.6 cm³/mol.